The minimum atomic E-state index is -4.80. The molecule has 0 fully saturated rings. The summed E-state index contributed by atoms with van der Waals surface area (Å²) in [6, 6.07) is 4.64. The van der Waals surface area contributed by atoms with Crippen molar-refractivity contribution < 1.29 is 32.3 Å². The van der Waals surface area contributed by atoms with E-state index < -0.39 is 29.8 Å². The SMILES string of the molecule is Cc1csc(CC(=O)NNC(=O)CN(C)CC(=O)Nc2ccc(OC(F)(F)F)cc2)n1. The summed E-state index contributed by atoms with van der Waals surface area (Å²) in [5.74, 6) is -1.86. The molecule has 0 aliphatic rings. The molecule has 2 aromatic rings. The molecule has 1 aromatic heterocycles. The molecule has 3 N–H and O–H groups in total. The minimum Gasteiger partial charge on any atom is -0.406 e. The number of anilines is 1. The normalized spacial score (nSPS) is 11.2. The van der Waals surface area contributed by atoms with E-state index in [0.29, 0.717) is 5.01 Å². The van der Waals surface area contributed by atoms with Crippen LogP contribution in [0.3, 0.4) is 0 Å². The van der Waals surface area contributed by atoms with E-state index in [9.17, 15) is 27.6 Å². The molecule has 3 amide bonds. The Bertz CT molecular complexity index is 918. The highest BCUT2D eigenvalue weighted by Gasteiger charge is 2.31. The number of nitrogens with zero attached hydrogens (tertiary/aromatic N) is 2. The van der Waals surface area contributed by atoms with Crippen molar-refractivity contribution in [3.63, 3.8) is 0 Å². The van der Waals surface area contributed by atoms with Crippen molar-refractivity contribution in [1.29, 1.82) is 0 Å². The lowest BCUT2D eigenvalue weighted by atomic mass is 10.3. The van der Waals surface area contributed by atoms with Crippen LogP contribution in [0, 0.1) is 6.92 Å². The highest BCUT2D eigenvalue weighted by molar-refractivity contribution is 7.09. The summed E-state index contributed by atoms with van der Waals surface area (Å²) >= 11 is 1.34. The number of ether oxygens (including phenoxy) is 1. The number of amides is 3. The number of thiazole rings is 1. The monoisotopic (exact) mass is 459 g/mol. The van der Waals surface area contributed by atoms with Crippen LogP contribution in [0.2, 0.25) is 0 Å². The van der Waals surface area contributed by atoms with Crippen LogP contribution in [-0.4, -0.2) is 54.1 Å². The number of benzene rings is 1. The number of alkyl halides is 3. The lowest BCUT2D eigenvalue weighted by molar-refractivity contribution is -0.274. The first-order valence-electron chi connectivity index (χ1n) is 8.83. The quantitative estimate of drug-likeness (QED) is 0.517. The maximum absolute atomic E-state index is 12.1. The number of halogens is 3. The van der Waals surface area contributed by atoms with E-state index >= 15 is 0 Å². The van der Waals surface area contributed by atoms with Gasteiger partial charge in [0.25, 0.3) is 5.91 Å². The molecule has 9 nitrogen and oxygen atoms in total. The summed E-state index contributed by atoms with van der Waals surface area (Å²) in [7, 11) is 1.51. The molecule has 31 heavy (non-hydrogen) atoms. The highest BCUT2D eigenvalue weighted by atomic mass is 32.1. The number of aromatic nitrogens is 1. The van der Waals surface area contributed by atoms with Gasteiger partial charge in [0.1, 0.15) is 10.8 Å². The van der Waals surface area contributed by atoms with Crippen molar-refractivity contribution in [2.75, 3.05) is 25.5 Å². The Morgan fingerprint density at radius 1 is 1.06 bits per heavy atom. The van der Waals surface area contributed by atoms with Crippen LogP contribution in [0.4, 0.5) is 18.9 Å². The molecule has 13 heteroatoms. The van der Waals surface area contributed by atoms with E-state index in [0.717, 1.165) is 17.8 Å². The Kier molecular flexibility index (Phi) is 8.33. The Hall–Kier alpha value is -3.19. The third-order valence-corrected chi connectivity index (χ3v) is 4.49. The molecule has 0 radical (unpaired) electrons. The predicted octanol–water partition coefficient (Wildman–Crippen LogP) is 1.61. The lowest BCUT2D eigenvalue weighted by Gasteiger charge is -2.16. The molecule has 168 valence electrons. The summed E-state index contributed by atoms with van der Waals surface area (Å²) in [4.78, 5) is 41.2. The number of carbonyl (C=O) groups is 3. The first kappa shape index (κ1) is 24.1. The molecule has 2 rings (SSSR count). The summed E-state index contributed by atoms with van der Waals surface area (Å²) in [5, 5.41) is 4.92. The number of carbonyl (C=O) groups excluding carboxylic acids is 3. The maximum Gasteiger partial charge on any atom is 0.573 e. The second kappa shape index (κ2) is 10.7. The van der Waals surface area contributed by atoms with Crippen LogP contribution in [0.1, 0.15) is 10.7 Å². The van der Waals surface area contributed by atoms with Gasteiger partial charge >= 0.3 is 6.36 Å². The molecule has 0 unspecified atom stereocenters. The summed E-state index contributed by atoms with van der Waals surface area (Å²) < 4.78 is 40.2. The number of hydrogen-bond donors (Lipinski definition) is 3. The first-order chi connectivity index (χ1) is 14.5. The van der Waals surface area contributed by atoms with Crippen LogP contribution in [-0.2, 0) is 20.8 Å². The van der Waals surface area contributed by atoms with Gasteiger partial charge in [-0.15, -0.1) is 24.5 Å². The largest absolute Gasteiger partial charge is 0.573 e. The molecule has 0 saturated carbocycles. The van der Waals surface area contributed by atoms with E-state index in [-0.39, 0.29) is 25.2 Å². The third kappa shape index (κ3) is 9.44. The van der Waals surface area contributed by atoms with Crippen LogP contribution in [0.5, 0.6) is 5.75 Å². The van der Waals surface area contributed by atoms with Crippen LogP contribution >= 0.6 is 11.3 Å². The number of rotatable bonds is 8. The number of aryl methyl sites for hydroxylation is 1. The standard InChI is InChI=1S/C18H20F3N5O4S/c1-11-10-31-17(22-11)7-14(27)24-25-16(29)9-26(2)8-15(28)23-12-3-5-13(6-4-12)30-18(19,20)21/h3-6,10H,7-9H2,1-2H3,(H,23,28)(H,24,27)(H,25,29). The van der Waals surface area contributed by atoms with Crippen molar-refractivity contribution in [2.45, 2.75) is 19.7 Å². The van der Waals surface area contributed by atoms with Gasteiger partial charge in [-0.2, -0.15) is 0 Å². The second-order valence-electron chi connectivity index (χ2n) is 6.45. The Labute approximate surface area is 179 Å². The fraction of sp³-hybridized carbons (Fsp3) is 0.333. The van der Waals surface area contributed by atoms with Crippen LogP contribution in [0.25, 0.3) is 0 Å². The van der Waals surface area contributed by atoms with Crippen LogP contribution < -0.4 is 20.9 Å². The number of nitrogens with one attached hydrogen (secondary N) is 3. The Morgan fingerprint density at radius 3 is 2.26 bits per heavy atom. The minimum absolute atomic E-state index is 0.0316. The van der Waals surface area contributed by atoms with Gasteiger partial charge in [0, 0.05) is 16.8 Å². The molecule has 0 atom stereocenters. The molecular weight excluding hydrogens is 439 g/mol. The third-order valence-electron chi connectivity index (χ3n) is 3.52. The van der Waals surface area contributed by atoms with Gasteiger partial charge in [-0.05, 0) is 38.2 Å². The second-order valence-corrected chi connectivity index (χ2v) is 7.39. The number of hydrogen-bond acceptors (Lipinski definition) is 7. The molecule has 1 aromatic carbocycles. The lowest BCUT2D eigenvalue weighted by Crippen LogP contribution is -2.47. The predicted molar refractivity (Wildman–Crippen MR) is 106 cm³/mol. The fourth-order valence-electron chi connectivity index (χ4n) is 2.33. The van der Waals surface area contributed by atoms with E-state index in [1.54, 1.807) is 0 Å². The van der Waals surface area contributed by atoms with Gasteiger partial charge in [-0.25, -0.2) is 4.98 Å². The summed E-state index contributed by atoms with van der Waals surface area (Å²) in [6.45, 7) is 1.46. The van der Waals surface area contributed by atoms with Crippen molar-refractivity contribution in [2.24, 2.45) is 0 Å². The summed E-state index contributed by atoms with van der Waals surface area (Å²) in [6.07, 6.45) is -4.77. The zero-order valence-corrected chi connectivity index (χ0v) is 17.4. The molecular formula is C18H20F3N5O4S. The smallest absolute Gasteiger partial charge is 0.406 e. The average Bonchev–Trinajstić information content (AvgIpc) is 3.05. The highest BCUT2D eigenvalue weighted by Crippen LogP contribution is 2.23. The van der Waals surface area contributed by atoms with Gasteiger partial charge in [0.2, 0.25) is 11.8 Å². The van der Waals surface area contributed by atoms with Gasteiger partial charge in [0.15, 0.2) is 0 Å². The molecule has 0 bridgehead atoms. The average molecular weight is 459 g/mol. The Morgan fingerprint density at radius 2 is 1.68 bits per heavy atom. The van der Waals surface area contributed by atoms with Gasteiger partial charge in [0.05, 0.1) is 19.5 Å². The van der Waals surface area contributed by atoms with Gasteiger partial charge in [-0.3, -0.25) is 30.1 Å². The Balaban J connectivity index is 1.69. The molecule has 0 saturated heterocycles. The van der Waals surface area contributed by atoms with Crippen LogP contribution in [0.15, 0.2) is 29.6 Å². The van der Waals surface area contributed by atoms with Crippen molar-refractivity contribution >= 4 is 34.7 Å². The first-order valence-corrected chi connectivity index (χ1v) is 9.71. The maximum atomic E-state index is 12.1. The zero-order chi connectivity index (χ0) is 23.0. The molecule has 0 spiro atoms. The fourth-order valence-corrected chi connectivity index (χ4v) is 3.10. The summed E-state index contributed by atoms with van der Waals surface area (Å²) in [5.41, 5.74) is 5.59. The van der Waals surface area contributed by atoms with E-state index in [1.807, 2.05) is 12.3 Å². The van der Waals surface area contributed by atoms with E-state index in [1.165, 1.54) is 35.4 Å². The van der Waals surface area contributed by atoms with Crippen molar-refractivity contribution in [1.82, 2.24) is 20.7 Å². The van der Waals surface area contributed by atoms with Gasteiger partial charge in [-0.1, -0.05) is 0 Å². The topological polar surface area (TPSA) is 113 Å². The number of likely N-dealkylation sites (N-methyl/N-ethyl adjacent to an activating group) is 1. The zero-order valence-electron chi connectivity index (χ0n) is 16.6. The van der Waals surface area contributed by atoms with E-state index in [4.69, 9.17) is 0 Å². The van der Waals surface area contributed by atoms with Gasteiger partial charge < -0.3 is 10.1 Å². The number of hydrazine groups is 1. The van der Waals surface area contributed by atoms with E-state index in [2.05, 4.69) is 25.9 Å². The molecule has 0 aliphatic heterocycles. The molecule has 1 heterocycles. The van der Waals surface area contributed by atoms with Crippen molar-refractivity contribution in [3.8, 4) is 5.75 Å². The van der Waals surface area contributed by atoms with Crippen molar-refractivity contribution in [3.05, 3.63) is 40.3 Å². The molecule has 0 aliphatic carbocycles.